The van der Waals surface area contributed by atoms with Crippen LogP contribution in [-0.2, 0) is 12.8 Å². The first kappa shape index (κ1) is 32.0. The van der Waals surface area contributed by atoms with Crippen LogP contribution in [-0.4, -0.2) is 0 Å². The third kappa shape index (κ3) is 6.14. The standard InChI is InChI=1S/C40H50F2N2O/c1-3-5-11-37-13-19-39(20-14-37,21-15-37)25-31-33(9-7-29(27-43)35(31)41)45-34-10-8-30(28-44)36(42)32(34)26-40-22-16-38(17-23-40,18-24-40)12-6-4-2/h7-10H,3-6,11-26H2,1-2H3. The van der Waals surface area contributed by atoms with Crippen LogP contribution in [0.2, 0.25) is 0 Å². The van der Waals surface area contributed by atoms with E-state index < -0.39 is 11.6 Å². The maximum atomic E-state index is 16.0. The second-order valence-electron chi connectivity index (χ2n) is 15.7. The molecular formula is C40H50F2N2O. The van der Waals surface area contributed by atoms with Crippen molar-refractivity contribution in [1.29, 1.82) is 10.5 Å². The Morgan fingerprint density at radius 2 is 0.911 bits per heavy atom. The molecule has 2 aromatic carbocycles. The van der Waals surface area contributed by atoms with Gasteiger partial charge in [-0.15, -0.1) is 0 Å². The maximum Gasteiger partial charge on any atom is 0.147 e. The first-order valence-electron chi connectivity index (χ1n) is 17.8. The lowest BCUT2D eigenvalue weighted by Crippen LogP contribution is -2.43. The van der Waals surface area contributed by atoms with Crippen molar-refractivity contribution in [2.75, 3.05) is 0 Å². The van der Waals surface area contributed by atoms with Crippen LogP contribution in [0.5, 0.6) is 11.5 Å². The van der Waals surface area contributed by atoms with Crippen LogP contribution in [0.3, 0.4) is 0 Å². The molecule has 0 aromatic heterocycles. The summed E-state index contributed by atoms with van der Waals surface area (Å²) in [5, 5.41) is 19.4. The zero-order valence-corrected chi connectivity index (χ0v) is 27.5. The van der Waals surface area contributed by atoms with Gasteiger partial charge in [-0.05, 0) is 149 Å². The van der Waals surface area contributed by atoms with Crippen molar-refractivity contribution in [1.82, 2.24) is 0 Å². The Bertz CT molecular complexity index is 1340. The fourth-order valence-corrected chi connectivity index (χ4v) is 9.83. The van der Waals surface area contributed by atoms with Crippen molar-refractivity contribution in [3.63, 3.8) is 0 Å². The predicted octanol–water partition coefficient (Wildman–Crippen LogP) is 11.6. The van der Waals surface area contributed by atoms with Crippen LogP contribution in [0.1, 0.15) is 152 Å². The van der Waals surface area contributed by atoms with Crippen LogP contribution in [0, 0.1) is 56.0 Å². The fourth-order valence-electron chi connectivity index (χ4n) is 9.83. The number of nitriles is 2. The van der Waals surface area contributed by atoms with Gasteiger partial charge in [0.2, 0.25) is 0 Å². The normalized spacial score (nSPS) is 30.2. The van der Waals surface area contributed by atoms with Crippen LogP contribution < -0.4 is 4.74 Å². The van der Waals surface area contributed by atoms with Gasteiger partial charge in [0, 0.05) is 11.1 Å². The van der Waals surface area contributed by atoms with Gasteiger partial charge in [-0.2, -0.15) is 10.5 Å². The minimum atomic E-state index is -0.505. The molecule has 3 nitrogen and oxygen atoms in total. The van der Waals surface area contributed by atoms with Gasteiger partial charge >= 0.3 is 0 Å². The maximum absolute atomic E-state index is 16.0. The van der Waals surface area contributed by atoms with Crippen LogP contribution in [0.15, 0.2) is 24.3 Å². The summed E-state index contributed by atoms with van der Waals surface area (Å²) in [4.78, 5) is 0. The molecule has 0 saturated heterocycles. The van der Waals surface area contributed by atoms with Gasteiger partial charge in [0.25, 0.3) is 0 Å². The van der Waals surface area contributed by atoms with Crippen molar-refractivity contribution in [2.24, 2.45) is 21.7 Å². The summed E-state index contributed by atoms with van der Waals surface area (Å²) in [5.74, 6) is -0.254. The lowest BCUT2D eigenvalue weighted by Gasteiger charge is -2.54. The summed E-state index contributed by atoms with van der Waals surface area (Å²) >= 11 is 0. The molecule has 0 N–H and O–H groups in total. The second kappa shape index (κ2) is 12.7. The molecule has 6 fully saturated rings. The Balaban J connectivity index is 1.28. The average molecular weight is 613 g/mol. The van der Waals surface area contributed by atoms with Gasteiger partial charge in [0.15, 0.2) is 0 Å². The largest absolute Gasteiger partial charge is 0.457 e. The van der Waals surface area contributed by atoms with E-state index >= 15 is 8.78 Å². The molecule has 4 bridgehead atoms. The summed E-state index contributed by atoms with van der Waals surface area (Å²) in [6.45, 7) is 4.51. The predicted molar refractivity (Wildman–Crippen MR) is 174 cm³/mol. The molecule has 0 amide bonds. The molecule has 6 aliphatic carbocycles. The molecule has 6 aliphatic rings. The molecule has 8 rings (SSSR count). The number of ether oxygens (including phenoxy) is 1. The van der Waals surface area contributed by atoms with Crippen molar-refractivity contribution < 1.29 is 13.5 Å². The third-order valence-corrected chi connectivity index (χ3v) is 13.2. The average Bonchev–Trinajstić information content (AvgIpc) is 3.08. The van der Waals surface area contributed by atoms with Gasteiger partial charge in [-0.1, -0.05) is 39.5 Å². The van der Waals surface area contributed by atoms with Gasteiger partial charge in [-0.25, -0.2) is 8.78 Å². The smallest absolute Gasteiger partial charge is 0.147 e. The fraction of sp³-hybridized carbons (Fsp3) is 0.650. The van der Waals surface area contributed by atoms with Gasteiger partial charge < -0.3 is 4.74 Å². The first-order chi connectivity index (χ1) is 21.7. The molecule has 0 spiro atoms. The van der Waals surface area contributed by atoms with Gasteiger partial charge in [0.1, 0.15) is 35.3 Å². The molecule has 0 atom stereocenters. The SMILES string of the molecule is CCCCC12CCC(Cc3c(Oc4ccc(C#N)c(F)c4CC45CCC(CCCC)(CC4)CC5)ccc(C#N)c3F)(CC1)CC2. The Kier molecular flexibility index (Phi) is 9.04. The molecule has 5 heteroatoms. The van der Waals surface area contributed by atoms with E-state index in [9.17, 15) is 10.5 Å². The van der Waals surface area contributed by atoms with E-state index in [0.717, 1.165) is 38.5 Å². The number of hydrogen-bond donors (Lipinski definition) is 0. The molecule has 2 aromatic rings. The lowest BCUT2D eigenvalue weighted by atomic mass is 9.51. The molecule has 0 radical (unpaired) electrons. The Labute approximate surface area is 269 Å². The summed E-state index contributed by atoms with van der Waals surface area (Å²) in [6, 6.07) is 10.4. The minimum absolute atomic E-state index is 0.00711. The first-order valence-corrected chi connectivity index (χ1v) is 17.8. The van der Waals surface area contributed by atoms with E-state index in [1.807, 2.05) is 12.1 Å². The molecule has 240 valence electrons. The number of benzene rings is 2. The quantitative estimate of drug-likeness (QED) is 0.240. The van der Waals surface area contributed by atoms with E-state index in [0.29, 0.717) is 46.3 Å². The van der Waals surface area contributed by atoms with Crippen molar-refractivity contribution in [2.45, 2.75) is 142 Å². The summed E-state index contributed by atoms with van der Waals surface area (Å²) in [7, 11) is 0. The Hall–Kier alpha value is -2.92. The highest BCUT2D eigenvalue weighted by atomic mass is 19.1. The van der Waals surface area contributed by atoms with E-state index in [4.69, 9.17) is 4.74 Å². The molecule has 0 unspecified atom stereocenters. The highest BCUT2D eigenvalue weighted by molar-refractivity contribution is 5.50. The lowest BCUT2D eigenvalue weighted by molar-refractivity contribution is -0.0161. The van der Waals surface area contributed by atoms with Gasteiger partial charge in [-0.3, -0.25) is 0 Å². The molecule has 45 heavy (non-hydrogen) atoms. The number of hydrogen-bond acceptors (Lipinski definition) is 3. The molecule has 6 saturated carbocycles. The van der Waals surface area contributed by atoms with E-state index in [1.165, 1.54) is 89.2 Å². The van der Waals surface area contributed by atoms with Crippen molar-refractivity contribution in [3.05, 3.63) is 58.2 Å². The number of halogens is 2. The van der Waals surface area contributed by atoms with Crippen LogP contribution in [0.4, 0.5) is 8.78 Å². The monoisotopic (exact) mass is 612 g/mol. The number of fused-ring (bicyclic) bond motifs is 6. The highest BCUT2D eigenvalue weighted by Gasteiger charge is 2.50. The molecule has 0 aliphatic heterocycles. The van der Waals surface area contributed by atoms with Gasteiger partial charge in [0.05, 0.1) is 11.1 Å². The molecule has 0 heterocycles. The summed E-state index contributed by atoms with van der Waals surface area (Å²) in [6.07, 6.45) is 22.2. The number of rotatable bonds is 12. The van der Waals surface area contributed by atoms with Crippen molar-refractivity contribution in [3.8, 4) is 23.6 Å². The zero-order valence-electron chi connectivity index (χ0n) is 27.5. The van der Waals surface area contributed by atoms with Crippen LogP contribution in [0.25, 0.3) is 0 Å². The summed E-state index contributed by atoms with van der Waals surface area (Å²) in [5.41, 5.74) is 1.86. The zero-order chi connectivity index (χ0) is 31.7. The second-order valence-corrected chi connectivity index (χ2v) is 15.7. The van der Waals surface area contributed by atoms with E-state index in [2.05, 4.69) is 13.8 Å². The Morgan fingerprint density at radius 1 is 0.578 bits per heavy atom. The summed E-state index contributed by atoms with van der Waals surface area (Å²) < 4.78 is 38.6. The van der Waals surface area contributed by atoms with E-state index in [-0.39, 0.29) is 22.0 Å². The van der Waals surface area contributed by atoms with E-state index in [1.54, 1.807) is 12.1 Å². The van der Waals surface area contributed by atoms with Crippen LogP contribution >= 0.6 is 0 Å². The van der Waals surface area contributed by atoms with Crippen molar-refractivity contribution >= 4 is 0 Å². The minimum Gasteiger partial charge on any atom is -0.457 e. The topological polar surface area (TPSA) is 56.8 Å². The number of nitrogens with zero attached hydrogens (tertiary/aromatic N) is 2. The Morgan fingerprint density at radius 3 is 1.22 bits per heavy atom. The highest BCUT2D eigenvalue weighted by Crippen LogP contribution is 2.62. The molecular weight excluding hydrogens is 562 g/mol. The third-order valence-electron chi connectivity index (χ3n) is 13.2. The number of unbranched alkanes of at least 4 members (excludes halogenated alkanes) is 2.